The summed E-state index contributed by atoms with van der Waals surface area (Å²) in [6, 6.07) is 7.33. The van der Waals surface area contributed by atoms with Gasteiger partial charge in [-0.2, -0.15) is 0 Å². The highest BCUT2D eigenvalue weighted by molar-refractivity contribution is 6.08. The molecule has 14 heteroatoms. The van der Waals surface area contributed by atoms with Crippen LogP contribution in [0, 0.1) is 0 Å². The number of hydrogen-bond donors (Lipinski definition) is 1. The molecule has 4 heterocycles. The zero-order valence-corrected chi connectivity index (χ0v) is 22.4. The van der Waals surface area contributed by atoms with Crippen LogP contribution in [0.2, 0.25) is 0 Å². The van der Waals surface area contributed by atoms with E-state index in [0.29, 0.717) is 27.2 Å². The molecular formula is C27H26N4O10. The van der Waals surface area contributed by atoms with Crippen molar-refractivity contribution in [1.82, 2.24) is 20.1 Å². The van der Waals surface area contributed by atoms with E-state index in [1.807, 2.05) is 0 Å². The van der Waals surface area contributed by atoms with Crippen molar-refractivity contribution in [3.8, 4) is 5.75 Å². The maximum Gasteiger partial charge on any atom is 0.510 e. The number of furan rings is 1. The Kier molecular flexibility index (Phi) is 7.22. The molecule has 2 aliphatic heterocycles. The van der Waals surface area contributed by atoms with Crippen molar-refractivity contribution in [2.24, 2.45) is 0 Å². The molecule has 0 bridgehead atoms. The number of fused-ring (bicyclic) bond motifs is 2. The van der Waals surface area contributed by atoms with Gasteiger partial charge in [-0.25, -0.2) is 19.3 Å². The number of amides is 4. The molecule has 0 aliphatic carbocycles. The molecule has 14 nitrogen and oxygen atoms in total. The molecular weight excluding hydrogens is 540 g/mol. The Morgan fingerprint density at radius 2 is 1.98 bits per heavy atom. The van der Waals surface area contributed by atoms with Gasteiger partial charge in [0.1, 0.15) is 17.1 Å². The molecule has 1 aromatic carbocycles. The molecule has 1 N–H and O–H groups in total. The van der Waals surface area contributed by atoms with Crippen LogP contribution in [-0.4, -0.2) is 77.9 Å². The number of imide groups is 1. The quantitative estimate of drug-likeness (QED) is 0.298. The first kappa shape index (κ1) is 27.4. The SMILES string of the molecule is CCOC(=O)[C@H](C)OC(=O)OCN1C(=O)N[C@@](CN2Cc3ccc(OC)cc3C2=O)(c2cc3cnccc3o2)C1=O. The normalized spacial score (nSPS) is 18.8. The third-order valence-electron chi connectivity index (χ3n) is 6.74. The second kappa shape index (κ2) is 10.8. The van der Waals surface area contributed by atoms with Gasteiger partial charge in [-0.05, 0) is 43.7 Å². The first-order valence-electron chi connectivity index (χ1n) is 12.6. The molecule has 2 aliphatic rings. The van der Waals surface area contributed by atoms with Gasteiger partial charge >= 0.3 is 18.2 Å². The number of aromatic nitrogens is 1. The molecule has 0 radical (unpaired) electrons. The van der Waals surface area contributed by atoms with E-state index in [1.165, 1.54) is 31.3 Å². The molecule has 0 saturated carbocycles. The molecule has 0 unspecified atom stereocenters. The molecule has 1 fully saturated rings. The van der Waals surface area contributed by atoms with E-state index >= 15 is 0 Å². The number of rotatable bonds is 9. The minimum Gasteiger partial charge on any atom is -0.497 e. The number of carbonyl (C=O) groups excluding carboxylic acids is 5. The van der Waals surface area contributed by atoms with Crippen molar-refractivity contribution in [3.05, 3.63) is 59.6 Å². The highest BCUT2D eigenvalue weighted by Gasteiger charge is 2.57. The number of nitrogens with zero attached hydrogens (tertiary/aromatic N) is 3. The molecule has 41 heavy (non-hydrogen) atoms. The van der Waals surface area contributed by atoms with Crippen LogP contribution in [0.3, 0.4) is 0 Å². The molecule has 4 amide bonds. The number of carbonyl (C=O) groups is 5. The largest absolute Gasteiger partial charge is 0.510 e. The van der Waals surface area contributed by atoms with E-state index in [1.54, 1.807) is 37.3 Å². The van der Waals surface area contributed by atoms with E-state index in [4.69, 9.17) is 23.4 Å². The third kappa shape index (κ3) is 4.99. The summed E-state index contributed by atoms with van der Waals surface area (Å²) in [7, 11) is 1.49. The van der Waals surface area contributed by atoms with Crippen molar-refractivity contribution in [3.63, 3.8) is 0 Å². The van der Waals surface area contributed by atoms with Gasteiger partial charge in [0.2, 0.25) is 0 Å². The summed E-state index contributed by atoms with van der Waals surface area (Å²) in [6.07, 6.45) is 0.476. The van der Waals surface area contributed by atoms with E-state index in [2.05, 4.69) is 10.3 Å². The lowest BCUT2D eigenvalue weighted by Crippen LogP contribution is -2.52. The first-order valence-corrected chi connectivity index (χ1v) is 12.6. The maximum atomic E-state index is 13.9. The summed E-state index contributed by atoms with van der Waals surface area (Å²) in [6.45, 7) is 2.02. The number of nitrogens with one attached hydrogen (secondary N) is 1. The topological polar surface area (TPSA) is 167 Å². The Morgan fingerprint density at radius 3 is 2.71 bits per heavy atom. The van der Waals surface area contributed by atoms with Gasteiger partial charge in [0, 0.05) is 29.9 Å². The Bertz CT molecular complexity index is 1520. The minimum atomic E-state index is -1.86. The summed E-state index contributed by atoms with van der Waals surface area (Å²) in [5.41, 5.74) is -0.328. The van der Waals surface area contributed by atoms with E-state index in [0.717, 1.165) is 5.56 Å². The monoisotopic (exact) mass is 566 g/mol. The summed E-state index contributed by atoms with van der Waals surface area (Å²) < 4.78 is 25.8. The smallest absolute Gasteiger partial charge is 0.497 e. The lowest BCUT2D eigenvalue weighted by molar-refractivity contribution is -0.154. The average Bonchev–Trinajstić information content (AvgIpc) is 3.60. The van der Waals surface area contributed by atoms with Crippen LogP contribution >= 0.6 is 0 Å². The van der Waals surface area contributed by atoms with Crippen LogP contribution in [0.1, 0.15) is 35.5 Å². The number of urea groups is 1. The van der Waals surface area contributed by atoms with Crippen LogP contribution in [0.4, 0.5) is 9.59 Å². The predicted molar refractivity (Wildman–Crippen MR) is 137 cm³/mol. The van der Waals surface area contributed by atoms with Gasteiger partial charge in [0.05, 0.1) is 20.3 Å². The summed E-state index contributed by atoms with van der Waals surface area (Å²) in [5, 5.41) is 3.20. The molecule has 214 valence electrons. The number of esters is 1. The Labute approximate surface area is 233 Å². The molecule has 0 spiro atoms. The van der Waals surface area contributed by atoms with Gasteiger partial charge in [-0.1, -0.05) is 6.07 Å². The minimum absolute atomic E-state index is 0.0567. The zero-order chi connectivity index (χ0) is 29.3. The maximum absolute atomic E-state index is 13.9. The summed E-state index contributed by atoms with van der Waals surface area (Å²) in [5.74, 6) is -1.43. The van der Waals surface area contributed by atoms with Crippen LogP contribution < -0.4 is 10.1 Å². The first-order chi connectivity index (χ1) is 19.7. The molecule has 1 saturated heterocycles. The van der Waals surface area contributed by atoms with Crippen LogP contribution in [0.25, 0.3) is 11.0 Å². The van der Waals surface area contributed by atoms with Crippen molar-refractivity contribution in [2.45, 2.75) is 32.0 Å². The fourth-order valence-corrected chi connectivity index (χ4v) is 4.67. The third-order valence-corrected chi connectivity index (χ3v) is 6.74. The van der Waals surface area contributed by atoms with Gasteiger partial charge in [0.25, 0.3) is 11.8 Å². The van der Waals surface area contributed by atoms with Gasteiger partial charge in [-0.3, -0.25) is 14.6 Å². The van der Waals surface area contributed by atoms with E-state index < -0.39 is 42.4 Å². The Hall–Kier alpha value is -5.14. The number of pyridine rings is 1. The standard InChI is InChI=1S/C27H26N4O10/c1-4-38-23(33)15(2)40-26(36)39-14-31-24(34)27(29-25(31)35,21-9-17-11-28-8-7-20(17)41-21)13-30-12-16-5-6-18(37-3)10-19(16)22(30)32/h5-11,15H,4,12-14H2,1-3H3,(H,29,35)/t15-,27-/m0/s1. The molecule has 2 atom stereocenters. The highest BCUT2D eigenvalue weighted by atomic mass is 16.7. The van der Waals surface area contributed by atoms with Crippen LogP contribution in [0.5, 0.6) is 5.75 Å². The van der Waals surface area contributed by atoms with E-state index in [9.17, 15) is 24.0 Å². The zero-order valence-electron chi connectivity index (χ0n) is 22.4. The van der Waals surface area contributed by atoms with Crippen molar-refractivity contribution < 1.29 is 47.3 Å². The number of benzene rings is 1. The predicted octanol–water partition coefficient (Wildman–Crippen LogP) is 2.30. The second-order valence-corrected chi connectivity index (χ2v) is 9.31. The van der Waals surface area contributed by atoms with Crippen LogP contribution in [0.15, 0.2) is 47.1 Å². The van der Waals surface area contributed by atoms with Crippen LogP contribution in [-0.2, 0) is 35.9 Å². The number of ether oxygens (including phenoxy) is 4. The lowest BCUT2D eigenvalue weighted by Gasteiger charge is -2.29. The average molecular weight is 567 g/mol. The molecule has 2 aromatic heterocycles. The lowest BCUT2D eigenvalue weighted by atomic mass is 9.95. The highest BCUT2D eigenvalue weighted by Crippen LogP contribution is 2.37. The number of methoxy groups -OCH3 is 1. The molecule has 5 rings (SSSR count). The van der Waals surface area contributed by atoms with Crippen molar-refractivity contribution in [2.75, 3.05) is 27.0 Å². The van der Waals surface area contributed by atoms with Gasteiger partial charge in [0.15, 0.2) is 18.4 Å². The van der Waals surface area contributed by atoms with Gasteiger partial charge < -0.3 is 33.6 Å². The Balaban J connectivity index is 1.41. The van der Waals surface area contributed by atoms with Crippen molar-refractivity contribution in [1.29, 1.82) is 0 Å². The Morgan fingerprint density at radius 1 is 1.17 bits per heavy atom. The molecule has 3 aromatic rings. The summed E-state index contributed by atoms with van der Waals surface area (Å²) >= 11 is 0. The van der Waals surface area contributed by atoms with E-state index in [-0.39, 0.29) is 31.4 Å². The fraction of sp³-hybridized carbons (Fsp3) is 0.333. The number of hydrogen-bond acceptors (Lipinski definition) is 11. The summed E-state index contributed by atoms with van der Waals surface area (Å²) in [4.78, 5) is 70.4. The fourth-order valence-electron chi connectivity index (χ4n) is 4.67. The van der Waals surface area contributed by atoms with Crippen molar-refractivity contribution >= 4 is 40.9 Å². The second-order valence-electron chi connectivity index (χ2n) is 9.31. The van der Waals surface area contributed by atoms with Gasteiger partial charge in [-0.15, -0.1) is 0 Å².